The van der Waals surface area contributed by atoms with E-state index in [1.54, 1.807) is 37.3 Å². The lowest BCUT2D eigenvalue weighted by molar-refractivity contribution is -0.138. The van der Waals surface area contributed by atoms with Gasteiger partial charge in [-0.3, -0.25) is 9.59 Å². The van der Waals surface area contributed by atoms with Crippen molar-refractivity contribution in [3.8, 4) is 11.5 Å². The summed E-state index contributed by atoms with van der Waals surface area (Å²) in [6.45, 7) is 5.50. The molecule has 1 heterocycles. The van der Waals surface area contributed by atoms with Crippen molar-refractivity contribution in [3.05, 3.63) is 53.6 Å². The molecule has 2 N–H and O–H groups in total. The predicted molar refractivity (Wildman–Crippen MR) is 101 cm³/mol. The summed E-state index contributed by atoms with van der Waals surface area (Å²) < 4.78 is 11.6. The molecule has 6 nitrogen and oxygen atoms in total. The molecule has 0 bridgehead atoms. The topological polar surface area (TPSA) is 84.9 Å². The minimum atomic E-state index is -0.888. The number of benzene rings is 2. The fourth-order valence-electron chi connectivity index (χ4n) is 3.04. The van der Waals surface area contributed by atoms with Crippen LogP contribution in [0.3, 0.4) is 0 Å². The molecule has 0 radical (unpaired) electrons. The zero-order chi connectivity index (χ0) is 19.6. The first kappa shape index (κ1) is 18.8. The molecular weight excluding hydrogens is 346 g/mol. The van der Waals surface area contributed by atoms with Crippen molar-refractivity contribution in [1.82, 2.24) is 0 Å². The summed E-state index contributed by atoms with van der Waals surface area (Å²) in [5, 5.41) is 11.8. The second kappa shape index (κ2) is 7.31. The van der Waals surface area contributed by atoms with Crippen molar-refractivity contribution in [3.63, 3.8) is 0 Å². The fourth-order valence-corrected chi connectivity index (χ4v) is 3.04. The Labute approximate surface area is 158 Å². The molecule has 2 aromatic carbocycles. The monoisotopic (exact) mass is 369 g/mol. The van der Waals surface area contributed by atoms with Gasteiger partial charge >= 0.3 is 5.97 Å². The molecule has 1 amide bonds. The molecule has 142 valence electrons. The standard InChI is InChI=1S/C21H23NO5/c1-13(20(24)25)14-7-9-16(10-8-14)22-18(23)12-26-17-6-4-5-15-11-21(2,3)27-19(15)17/h4-10,13H,11-12H2,1-3H3,(H,22,23)(H,24,25). The van der Waals surface area contributed by atoms with E-state index in [0.717, 1.165) is 12.0 Å². The number of anilines is 1. The molecule has 1 aliphatic heterocycles. The van der Waals surface area contributed by atoms with E-state index >= 15 is 0 Å². The lowest BCUT2D eigenvalue weighted by Gasteiger charge is -2.18. The quantitative estimate of drug-likeness (QED) is 0.813. The lowest BCUT2D eigenvalue weighted by atomic mass is 10.0. The van der Waals surface area contributed by atoms with E-state index in [1.807, 2.05) is 26.0 Å². The van der Waals surface area contributed by atoms with Gasteiger partial charge in [-0.15, -0.1) is 0 Å². The Kier molecular flexibility index (Phi) is 5.08. The summed E-state index contributed by atoms with van der Waals surface area (Å²) in [5.41, 5.74) is 2.05. The molecule has 0 saturated carbocycles. The SMILES string of the molecule is CC(C(=O)O)c1ccc(NC(=O)COc2cccc3c2OC(C)(C)C3)cc1. The number of carboxylic acids is 1. The molecule has 0 spiro atoms. The average Bonchev–Trinajstić information content (AvgIpc) is 2.94. The molecule has 27 heavy (non-hydrogen) atoms. The maximum absolute atomic E-state index is 12.2. The van der Waals surface area contributed by atoms with Gasteiger partial charge < -0.3 is 19.9 Å². The zero-order valence-electron chi connectivity index (χ0n) is 15.6. The van der Waals surface area contributed by atoms with Gasteiger partial charge in [-0.25, -0.2) is 0 Å². The smallest absolute Gasteiger partial charge is 0.310 e. The van der Waals surface area contributed by atoms with Crippen molar-refractivity contribution in [2.45, 2.75) is 38.7 Å². The maximum atomic E-state index is 12.2. The number of rotatable bonds is 6. The van der Waals surface area contributed by atoms with Crippen LogP contribution in [0.5, 0.6) is 11.5 Å². The van der Waals surface area contributed by atoms with Crippen LogP contribution in [-0.4, -0.2) is 29.2 Å². The van der Waals surface area contributed by atoms with Crippen LogP contribution < -0.4 is 14.8 Å². The van der Waals surface area contributed by atoms with Gasteiger partial charge in [-0.05, 0) is 44.5 Å². The van der Waals surface area contributed by atoms with Crippen molar-refractivity contribution < 1.29 is 24.2 Å². The second-order valence-electron chi connectivity index (χ2n) is 7.30. The third kappa shape index (κ3) is 4.39. The number of nitrogens with one attached hydrogen (secondary N) is 1. The number of hydrogen-bond acceptors (Lipinski definition) is 4. The number of amides is 1. The normalized spacial score (nSPS) is 15.4. The number of aliphatic carboxylic acids is 1. The third-order valence-electron chi connectivity index (χ3n) is 4.48. The lowest BCUT2D eigenvalue weighted by Crippen LogP contribution is -2.25. The largest absolute Gasteiger partial charge is 0.483 e. The number of fused-ring (bicyclic) bond motifs is 1. The molecule has 0 aromatic heterocycles. The van der Waals surface area contributed by atoms with E-state index in [2.05, 4.69) is 5.32 Å². The number of carbonyl (C=O) groups is 2. The van der Waals surface area contributed by atoms with Gasteiger partial charge in [0, 0.05) is 17.7 Å². The predicted octanol–water partition coefficient (Wildman–Crippen LogP) is 3.61. The molecule has 0 saturated heterocycles. The molecular formula is C21H23NO5. The van der Waals surface area contributed by atoms with Crippen LogP contribution in [-0.2, 0) is 16.0 Å². The van der Waals surface area contributed by atoms with E-state index in [4.69, 9.17) is 14.6 Å². The molecule has 0 aliphatic carbocycles. The van der Waals surface area contributed by atoms with E-state index < -0.39 is 11.9 Å². The van der Waals surface area contributed by atoms with E-state index in [9.17, 15) is 9.59 Å². The highest BCUT2D eigenvalue weighted by molar-refractivity contribution is 5.92. The highest BCUT2D eigenvalue weighted by Crippen LogP contribution is 2.41. The van der Waals surface area contributed by atoms with Gasteiger partial charge in [0.25, 0.3) is 5.91 Å². The Hall–Kier alpha value is -3.02. The number of ether oxygens (including phenoxy) is 2. The molecule has 2 aromatic rings. The van der Waals surface area contributed by atoms with Crippen LogP contribution in [0.15, 0.2) is 42.5 Å². The van der Waals surface area contributed by atoms with Gasteiger partial charge in [0.2, 0.25) is 0 Å². The van der Waals surface area contributed by atoms with Crippen LogP contribution in [0.1, 0.15) is 37.8 Å². The van der Waals surface area contributed by atoms with Crippen molar-refractivity contribution in [2.24, 2.45) is 0 Å². The maximum Gasteiger partial charge on any atom is 0.310 e. The fraction of sp³-hybridized carbons (Fsp3) is 0.333. The summed E-state index contributed by atoms with van der Waals surface area (Å²) in [6.07, 6.45) is 0.798. The number of carboxylic acid groups (broad SMARTS) is 1. The van der Waals surface area contributed by atoms with Crippen LogP contribution in [0, 0.1) is 0 Å². The van der Waals surface area contributed by atoms with Gasteiger partial charge in [-0.1, -0.05) is 24.3 Å². The van der Waals surface area contributed by atoms with Crippen LogP contribution in [0.25, 0.3) is 0 Å². The van der Waals surface area contributed by atoms with Gasteiger partial charge in [0.1, 0.15) is 5.60 Å². The first-order chi connectivity index (χ1) is 12.7. The van der Waals surface area contributed by atoms with Gasteiger partial charge in [-0.2, -0.15) is 0 Å². The van der Waals surface area contributed by atoms with Crippen LogP contribution in [0.2, 0.25) is 0 Å². The van der Waals surface area contributed by atoms with Crippen LogP contribution in [0.4, 0.5) is 5.69 Å². The Morgan fingerprint density at radius 1 is 1.22 bits per heavy atom. The Balaban J connectivity index is 1.58. The second-order valence-corrected chi connectivity index (χ2v) is 7.30. The molecule has 6 heteroatoms. The first-order valence-electron chi connectivity index (χ1n) is 8.81. The number of carbonyl (C=O) groups excluding carboxylic acids is 1. The van der Waals surface area contributed by atoms with Crippen LogP contribution >= 0.6 is 0 Å². The summed E-state index contributed by atoms with van der Waals surface area (Å²) in [6, 6.07) is 12.4. The summed E-state index contributed by atoms with van der Waals surface area (Å²) in [4.78, 5) is 23.2. The minimum Gasteiger partial charge on any atom is -0.483 e. The highest BCUT2D eigenvalue weighted by Gasteiger charge is 2.32. The van der Waals surface area contributed by atoms with E-state index in [0.29, 0.717) is 22.7 Å². The molecule has 1 unspecified atom stereocenters. The summed E-state index contributed by atoms with van der Waals surface area (Å²) >= 11 is 0. The average molecular weight is 369 g/mol. The Bertz CT molecular complexity index is 857. The Morgan fingerprint density at radius 3 is 2.59 bits per heavy atom. The van der Waals surface area contributed by atoms with Crippen molar-refractivity contribution >= 4 is 17.6 Å². The van der Waals surface area contributed by atoms with Crippen molar-refractivity contribution in [2.75, 3.05) is 11.9 Å². The Morgan fingerprint density at radius 2 is 1.93 bits per heavy atom. The van der Waals surface area contributed by atoms with E-state index in [1.165, 1.54) is 0 Å². The zero-order valence-corrected chi connectivity index (χ0v) is 15.6. The van der Waals surface area contributed by atoms with Gasteiger partial charge in [0.05, 0.1) is 5.92 Å². The number of hydrogen-bond donors (Lipinski definition) is 2. The summed E-state index contributed by atoms with van der Waals surface area (Å²) in [7, 11) is 0. The number of para-hydroxylation sites is 1. The first-order valence-corrected chi connectivity index (χ1v) is 8.81. The minimum absolute atomic E-state index is 0.145. The van der Waals surface area contributed by atoms with E-state index in [-0.39, 0.29) is 18.1 Å². The highest BCUT2D eigenvalue weighted by atomic mass is 16.5. The molecule has 1 atom stereocenters. The molecule has 3 rings (SSSR count). The van der Waals surface area contributed by atoms with Gasteiger partial charge in [0.15, 0.2) is 18.1 Å². The molecule has 0 fully saturated rings. The van der Waals surface area contributed by atoms with Crippen molar-refractivity contribution in [1.29, 1.82) is 0 Å². The summed E-state index contributed by atoms with van der Waals surface area (Å²) in [5.74, 6) is -0.534. The molecule has 1 aliphatic rings. The third-order valence-corrected chi connectivity index (χ3v) is 4.48.